The predicted octanol–water partition coefficient (Wildman–Crippen LogP) is 0.802. The maximum Gasteiger partial charge on any atom is 0.303 e. The Morgan fingerprint density at radius 1 is 1.83 bits per heavy atom. The second-order valence-corrected chi connectivity index (χ2v) is 4.54. The van der Waals surface area contributed by atoms with Gasteiger partial charge in [0.15, 0.2) is 0 Å². The second-order valence-electron chi connectivity index (χ2n) is 3.19. The minimum atomic E-state index is -0.686. The molecule has 1 aliphatic heterocycles. The van der Waals surface area contributed by atoms with Crippen LogP contribution in [0.15, 0.2) is 0 Å². The Hall–Kier alpha value is -0.220. The van der Waals surface area contributed by atoms with E-state index in [2.05, 4.69) is 5.32 Å². The number of carbonyl (C=O) groups is 1. The van der Waals surface area contributed by atoms with Gasteiger partial charge >= 0.3 is 5.97 Å². The predicted molar refractivity (Wildman–Crippen MR) is 50.5 cm³/mol. The summed E-state index contributed by atoms with van der Waals surface area (Å²) in [6.07, 6.45) is 0.291. The molecule has 0 aromatic carbocycles. The van der Waals surface area contributed by atoms with Gasteiger partial charge in [-0.1, -0.05) is 6.92 Å². The van der Waals surface area contributed by atoms with Crippen molar-refractivity contribution in [2.75, 3.05) is 18.8 Å². The molecule has 0 aromatic rings. The minimum absolute atomic E-state index is 0.278. The number of thioether (sulfide) groups is 1. The highest BCUT2D eigenvalue weighted by Crippen LogP contribution is 2.23. The highest BCUT2D eigenvalue weighted by atomic mass is 32.2. The first kappa shape index (κ1) is 9.86. The van der Waals surface area contributed by atoms with Crippen LogP contribution in [0.5, 0.6) is 0 Å². The van der Waals surface area contributed by atoms with Crippen LogP contribution in [0.3, 0.4) is 0 Å². The molecule has 1 aliphatic rings. The molecule has 0 radical (unpaired) electrons. The Balaban J connectivity index is 2.29. The summed E-state index contributed by atoms with van der Waals surface area (Å²) in [6, 6.07) is 0. The van der Waals surface area contributed by atoms with Gasteiger partial charge in [0.25, 0.3) is 0 Å². The van der Waals surface area contributed by atoms with Crippen LogP contribution in [0.2, 0.25) is 0 Å². The van der Waals surface area contributed by atoms with Gasteiger partial charge in [0.2, 0.25) is 0 Å². The summed E-state index contributed by atoms with van der Waals surface area (Å²) in [6.45, 7) is 4.03. The minimum Gasteiger partial charge on any atom is -0.481 e. The third-order valence-corrected chi connectivity index (χ3v) is 3.59. The fraction of sp³-hybridized carbons (Fsp3) is 0.875. The Kier molecular flexibility index (Phi) is 3.88. The summed E-state index contributed by atoms with van der Waals surface area (Å²) in [5.74, 6) is 0.697. The fourth-order valence-electron chi connectivity index (χ4n) is 1.36. The number of carboxylic acids is 1. The molecule has 12 heavy (non-hydrogen) atoms. The van der Waals surface area contributed by atoms with Crippen LogP contribution in [-0.2, 0) is 4.79 Å². The average Bonchev–Trinajstić information content (AvgIpc) is 2.05. The summed E-state index contributed by atoms with van der Waals surface area (Å²) in [4.78, 5) is 10.4. The topological polar surface area (TPSA) is 49.3 Å². The third-order valence-electron chi connectivity index (χ3n) is 2.09. The van der Waals surface area contributed by atoms with E-state index >= 15 is 0 Å². The maximum absolute atomic E-state index is 10.4. The van der Waals surface area contributed by atoms with Gasteiger partial charge in [-0.15, -0.1) is 0 Å². The zero-order valence-corrected chi connectivity index (χ0v) is 8.06. The van der Waals surface area contributed by atoms with Crippen LogP contribution in [0.25, 0.3) is 0 Å². The van der Waals surface area contributed by atoms with Crippen LogP contribution in [0, 0.1) is 5.92 Å². The normalized spacial score (nSPS) is 26.6. The van der Waals surface area contributed by atoms with Crippen LogP contribution in [-0.4, -0.2) is 35.2 Å². The van der Waals surface area contributed by atoms with E-state index < -0.39 is 5.97 Å². The number of hydrogen-bond acceptors (Lipinski definition) is 3. The van der Waals surface area contributed by atoms with Crippen LogP contribution < -0.4 is 5.32 Å². The highest BCUT2D eigenvalue weighted by Gasteiger charge is 2.21. The molecule has 2 unspecified atom stereocenters. The van der Waals surface area contributed by atoms with Crippen molar-refractivity contribution < 1.29 is 9.90 Å². The molecule has 1 rings (SSSR count). The van der Waals surface area contributed by atoms with E-state index in [4.69, 9.17) is 5.11 Å². The molecule has 0 aliphatic carbocycles. The summed E-state index contributed by atoms with van der Waals surface area (Å²) in [5, 5.41) is 12.3. The molecule has 2 N–H and O–H groups in total. The SMILES string of the molecule is CC(CC(=O)O)C1CNCCS1. The van der Waals surface area contributed by atoms with Crippen molar-refractivity contribution >= 4 is 17.7 Å². The first-order valence-electron chi connectivity index (χ1n) is 4.24. The van der Waals surface area contributed by atoms with Gasteiger partial charge in [0.1, 0.15) is 0 Å². The molecule has 0 spiro atoms. The zero-order chi connectivity index (χ0) is 8.97. The number of rotatable bonds is 3. The molecule has 4 heteroatoms. The molecule has 0 saturated carbocycles. The van der Waals surface area contributed by atoms with Crippen molar-refractivity contribution in [2.45, 2.75) is 18.6 Å². The highest BCUT2D eigenvalue weighted by molar-refractivity contribution is 8.00. The monoisotopic (exact) mass is 189 g/mol. The molecule has 2 atom stereocenters. The van der Waals surface area contributed by atoms with Crippen molar-refractivity contribution in [2.24, 2.45) is 5.92 Å². The zero-order valence-electron chi connectivity index (χ0n) is 7.25. The average molecular weight is 189 g/mol. The van der Waals surface area contributed by atoms with Gasteiger partial charge < -0.3 is 10.4 Å². The summed E-state index contributed by atoms with van der Waals surface area (Å²) >= 11 is 1.89. The van der Waals surface area contributed by atoms with Crippen LogP contribution in [0.1, 0.15) is 13.3 Å². The summed E-state index contributed by atoms with van der Waals surface area (Å²) in [5.41, 5.74) is 0. The van der Waals surface area contributed by atoms with Gasteiger partial charge in [0.05, 0.1) is 0 Å². The van der Waals surface area contributed by atoms with Gasteiger partial charge in [-0.25, -0.2) is 0 Å². The van der Waals surface area contributed by atoms with Crippen molar-refractivity contribution in [3.05, 3.63) is 0 Å². The van der Waals surface area contributed by atoms with Crippen molar-refractivity contribution in [1.29, 1.82) is 0 Å². The van der Waals surface area contributed by atoms with Crippen LogP contribution in [0.4, 0.5) is 0 Å². The molecular formula is C8H15NO2S. The quantitative estimate of drug-likeness (QED) is 0.689. The Labute approximate surface area is 76.9 Å². The fourth-order valence-corrected chi connectivity index (χ4v) is 2.58. The third kappa shape index (κ3) is 3.03. The molecular weight excluding hydrogens is 174 g/mol. The lowest BCUT2D eigenvalue weighted by atomic mass is 10.0. The van der Waals surface area contributed by atoms with Gasteiger partial charge in [-0.2, -0.15) is 11.8 Å². The smallest absolute Gasteiger partial charge is 0.303 e. The molecule has 70 valence electrons. The largest absolute Gasteiger partial charge is 0.481 e. The molecule has 1 fully saturated rings. The Morgan fingerprint density at radius 3 is 3.08 bits per heavy atom. The lowest BCUT2D eigenvalue weighted by Crippen LogP contribution is -2.36. The van der Waals surface area contributed by atoms with Gasteiger partial charge in [-0.3, -0.25) is 4.79 Å². The molecule has 0 amide bonds. The van der Waals surface area contributed by atoms with Crippen LogP contribution >= 0.6 is 11.8 Å². The Morgan fingerprint density at radius 2 is 2.58 bits per heavy atom. The van der Waals surface area contributed by atoms with E-state index in [9.17, 15) is 4.79 Å². The van der Waals surface area contributed by atoms with E-state index in [1.165, 1.54) is 0 Å². The lowest BCUT2D eigenvalue weighted by molar-refractivity contribution is -0.137. The number of hydrogen-bond donors (Lipinski definition) is 2. The van der Waals surface area contributed by atoms with Crippen molar-refractivity contribution in [1.82, 2.24) is 5.32 Å². The molecule has 0 bridgehead atoms. The van der Waals surface area contributed by atoms with Crippen molar-refractivity contribution in [3.8, 4) is 0 Å². The lowest BCUT2D eigenvalue weighted by Gasteiger charge is -2.26. The first-order valence-corrected chi connectivity index (χ1v) is 5.29. The number of aliphatic carboxylic acids is 1. The van der Waals surface area contributed by atoms with E-state index in [0.717, 1.165) is 18.8 Å². The van der Waals surface area contributed by atoms with E-state index in [-0.39, 0.29) is 5.92 Å². The first-order chi connectivity index (χ1) is 5.70. The number of nitrogens with one attached hydrogen (secondary N) is 1. The van der Waals surface area contributed by atoms with E-state index in [0.29, 0.717) is 11.7 Å². The van der Waals surface area contributed by atoms with Gasteiger partial charge in [0, 0.05) is 30.5 Å². The standard InChI is InChI=1S/C8H15NO2S/c1-6(4-8(10)11)7-5-9-2-3-12-7/h6-7,9H,2-5H2,1H3,(H,10,11). The molecule has 0 aromatic heterocycles. The maximum atomic E-state index is 10.4. The van der Waals surface area contributed by atoms with Crippen molar-refractivity contribution in [3.63, 3.8) is 0 Å². The number of carboxylic acid groups (broad SMARTS) is 1. The molecule has 1 heterocycles. The van der Waals surface area contributed by atoms with Gasteiger partial charge in [-0.05, 0) is 5.92 Å². The second kappa shape index (κ2) is 4.72. The summed E-state index contributed by atoms with van der Waals surface area (Å²) < 4.78 is 0. The molecule has 3 nitrogen and oxygen atoms in total. The molecule has 1 saturated heterocycles. The van der Waals surface area contributed by atoms with E-state index in [1.807, 2.05) is 18.7 Å². The van der Waals surface area contributed by atoms with E-state index in [1.54, 1.807) is 0 Å². The Bertz CT molecular complexity index is 157. The summed E-state index contributed by atoms with van der Waals surface area (Å²) in [7, 11) is 0.